The Labute approximate surface area is 194 Å². The molecule has 0 saturated heterocycles. The zero-order chi connectivity index (χ0) is 23.1. The molecule has 0 aliphatic heterocycles. The molecule has 7 heteroatoms. The number of hydrogen-bond acceptors (Lipinski definition) is 7. The first-order valence-electron chi connectivity index (χ1n) is 11.2. The number of pyridine rings is 3. The fourth-order valence-corrected chi connectivity index (χ4v) is 3.52. The molecular formula is C26H29N5O2. The van der Waals surface area contributed by atoms with Crippen molar-refractivity contribution in [2.75, 3.05) is 13.2 Å². The smallest absolute Gasteiger partial charge is 0.154 e. The number of aryl methyl sites for hydroxylation is 2. The van der Waals surface area contributed by atoms with Gasteiger partial charge in [0.05, 0.1) is 17.1 Å². The average Bonchev–Trinajstić information content (AvgIpc) is 2.83. The van der Waals surface area contributed by atoms with Crippen LogP contribution in [0.1, 0.15) is 55.0 Å². The minimum absolute atomic E-state index is 0.301. The molecule has 0 atom stereocenters. The first-order valence-corrected chi connectivity index (χ1v) is 11.2. The molecule has 0 spiro atoms. The number of aromatic nitrogens is 3. The minimum Gasteiger partial charge on any atom is -0.395 e. The van der Waals surface area contributed by atoms with Crippen molar-refractivity contribution in [1.82, 2.24) is 15.0 Å². The van der Waals surface area contributed by atoms with E-state index in [-0.39, 0.29) is 5.41 Å². The predicted molar refractivity (Wildman–Crippen MR) is 128 cm³/mol. The van der Waals surface area contributed by atoms with Crippen molar-refractivity contribution in [2.24, 2.45) is 15.7 Å². The van der Waals surface area contributed by atoms with Crippen molar-refractivity contribution in [1.29, 1.82) is 0 Å². The number of oxime groups is 2. The van der Waals surface area contributed by atoms with E-state index in [0.29, 0.717) is 30.3 Å². The summed E-state index contributed by atoms with van der Waals surface area (Å²) in [6, 6.07) is 15.5. The van der Waals surface area contributed by atoms with Gasteiger partial charge in [-0.15, -0.1) is 0 Å². The second-order valence-electron chi connectivity index (χ2n) is 8.93. The molecule has 3 aromatic heterocycles. The molecule has 0 N–H and O–H groups in total. The predicted octanol–water partition coefficient (Wildman–Crippen LogP) is 4.73. The summed E-state index contributed by atoms with van der Waals surface area (Å²) in [5.74, 6) is 0. The number of rotatable bonds is 8. The van der Waals surface area contributed by atoms with Crippen LogP contribution in [0.25, 0.3) is 0 Å². The summed E-state index contributed by atoms with van der Waals surface area (Å²) in [6.45, 7) is 6.87. The Morgan fingerprint density at radius 1 is 0.909 bits per heavy atom. The maximum Gasteiger partial charge on any atom is 0.154 e. The maximum absolute atomic E-state index is 5.76. The van der Waals surface area contributed by atoms with Crippen LogP contribution in [-0.2, 0) is 16.1 Å². The number of fused-ring (bicyclic) bond motifs is 1. The highest BCUT2D eigenvalue weighted by atomic mass is 16.6. The maximum atomic E-state index is 5.76. The van der Waals surface area contributed by atoms with Crippen molar-refractivity contribution in [2.45, 2.75) is 40.0 Å². The SMILES string of the molecule is Cc1ccc2c(n1)C(=NOCC(C)(C)CON=C(c1ccccn1)c1ccccn1)CCC2. The van der Waals surface area contributed by atoms with Crippen LogP contribution in [0.15, 0.2) is 71.2 Å². The van der Waals surface area contributed by atoms with Crippen molar-refractivity contribution in [3.8, 4) is 0 Å². The van der Waals surface area contributed by atoms with Crippen molar-refractivity contribution in [3.05, 3.63) is 89.3 Å². The van der Waals surface area contributed by atoms with Gasteiger partial charge in [0.1, 0.15) is 18.9 Å². The molecule has 1 aliphatic carbocycles. The van der Waals surface area contributed by atoms with Crippen LogP contribution >= 0.6 is 0 Å². The Balaban J connectivity index is 1.40. The highest BCUT2D eigenvalue weighted by Crippen LogP contribution is 2.22. The van der Waals surface area contributed by atoms with Crippen LogP contribution in [-0.4, -0.2) is 39.6 Å². The van der Waals surface area contributed by atoms with E-state index in [1.807, 2.05) is 49.4 Å². The van der Waals surface area contributed by atoms with E-state index in [1.165, 1.54) is 5.56 Å². The highest BCUT2D eigenvalue weighted by Gasteiger charge is 2.22. The number of hydrogen-bond donors (Lipinski definition) is 0. The van der Waals surface area contributed by atoms with Gasteiger partial charge in [-0.05, 0) is 62.1 Å². The summed E-state index contributed by atoms with van der Waals surface area (Å²) in [6.07, 6.45) is 6.43. The summed E-state index contributed by atoms with van der Waals surface area (Å²) < 4.78 is 0. The Bertz CT molecular complexity index is 1090. The lowest BCUT2D eigenvalue weighted by atomic mass is 9.94. The van der Waals surface area contributed by atoms with Crippen LogP contribution in [0, 0.1) is 12.3 Å². The van der Waals surface area contributed by atoms with Gasteiger partial charge in [-0.3, -0.25) is 15.0 Å². The summed E-state index contributed by atoms with van der Waals surface area (Å²) in [7, 11) is 0. The van der Waals surface area contributed by atoms with Gasteiger partial charge in [-0.1, -0.05) is 42.4 Å². The molecule has 3 aromatic rings. The van der Waals surface area contributed by atoms with Crippen LogP contribution in [0.4, 0.5) is 0 Å². The van der Waals surface area contributed by atoms with E-state index in [1.54, 1.807) is 12.4 Å². The Morgan fingerprint density at radius 2 is 1.61 bits per heavy atom. The standard InChI is InChI=1S/C26H29N5O2/c1-19-13-14-20-9-8-12-23(24(20)29-19)30-32-17-26(2,3)18-33-31-25(21-10-4-6-15-27-21)22-11-5-7-16-28-22/h4-7,10-11,13-16H,8-9,12,17-18H2,1-3H3. The van der Waals surface area contributed by atoms with E-state index in [9.17, 15) is 0 Å². The third-order valence-corrected chi connectivity index (χ3v) is 5.31. The molecule has 0 bridgehead atoms. The summed E-state index contributed by atoms with van der Waals surface area (Å²) in [5, 5.41) is 8.81. The van der Waals surface area contributed by atoms with Crippen LogP contribution in [0.2, 0.25) is 0 Å². The molecule has 0 amide bonds. The van der Waals surface area contributed by atoms with Crippen molar-refractivity contribution >= 4 is 11.4 Å². The lowest BCUT2D eigenvalue weighted by molar-refractivity contribution is -0.0000817. The van der Waals surface area contributed by atoms with Gasteiger partial charge in [0.15, 0.2) is 5.71 Å². The zero-order valence-electron chi connectivity index (χ0n) is 19.4. The molecule has 7 nitrogen and oxygen atoms in total. The zero-order valence-corrected chi connectivity index (χ0v) is 19.4. The summed E-state index contributed by atoms with van der Waals surface area (Å²) in [5.41, 5.74) is 5.82. The molecule has 170 valence electrons. The van der Waals surface area contributed by atoms with Crippen LogP contribution < -0.4 is 0 Å². The molecule has 4 rings (SSSR count). The largest absolute Gasteiger partial charge is 0.395 e. The Hall–Kier alpha value is -3.61. The molecule has 0 fully saturated rings. The Morgan fingerprint density at radius 3 is 2.27 bits per heavy atom. The lowest BCUT2D eigenvalue weighted by Gasteiger charge is -2.22. The molecular weight excluding hydrogens is 414 g/mol. The van der Waals surface area contributed by atoms with E-state index >= 15 is 0 Å². The van der Waals surface area contributed by atoms with E-state index in [0.717, 1.165) is 36.4 Å². The monoisotopic (exact) mass is 443 g/mol. The first-order chi connectivity index (χ1) is 16.0. The van der Waals surface area contributed by atoms with Gasteiger partial charge in [-0.2, -0.15) is 0 Å². The average molecular weight is 444 g/mol. The van der Waals surface area contributed by atoms with Gasteiger partial charge in [0.2, 0.25) is 0 Å². The van der Waals surface area contributed by atoms with E-state index < -0.39 is 0 Å². The molecule has 0 unspecified atom stereocenters. The second-order valence-corrected chi connectivity index (χ2v) is 8.93. The van der Waals surface area contributed by atoms with Gasteiger partial charge in [0.25, 0.3) is 0 Å². The minimum atomic E-state index is -0.301. The lowest BCUT2D eigenvalue weighted by Crippen LogP contribution is -2.25. The molecule has 0 aromatic carbocycles. The van der Waals surface area contributed by atoms with E-state index in [2.05, 4.69) is 45.2 Å². The van der Waals surface area contributed by atoms with Gasteiger partial charge < -0.3 is 9.68 Å². The third kappa shape index (κ3) is 6.00. The van der Waals surface area contributed by atoms with Gasteiger partial charge in [-0.25, -0.2) is 0 Å². The Kier molecular flexibility index (Phi) is 7.07. The quantitative estimate of drug-likeness (QED) is 0.371. The molecule has 3 heterocycles. The summed E-state index contributed by atoms with van der Waals surface area (Å²) >= 11 is 0. The van der Waals surface area contributed by atoms with Gasteiger partial charge in [0, 0.05) is 23.5 Å². The van der Waals surface area contributed by atoms with Crippen molar-refractivity contribution in [3.63, 3.8) is 0 Å². The number of nitrogens with zero attached hydrogens (tertiary/aromatic N) is 5. The summed E-state index contributed by atoms with van der Waals surface area (Å²) in [4.78, 5) is 25.0. The van der Waals surface area contributed by atoms with Crippen LogP contribution in [0.3, 0.4) is 0 Å². The molecule has 0 saturated carbocycles. The molecule has 1 aliphatic rings. The molecule has 0 radical (unpaired) electrons. The topological polar surface area (TPSA) is 81.9 Å². The fraction of sp³-hybridized carbons (Fsp3) is 0.346. The van der Waals surface area contributed by atoms with Crippen LogP contribution in [0.5, 0.6) is 0 Å². The van der Waals surface area contributed by atoms with Gasteiger partial charge >= 0.3 is 0 Å². The normalized spacial score (nSPS) is 14.5. The fourth-order valence-electron chi connectivity index (χ4n) is 3.52. The second kappa shape index (κ2) is 10.3. The van der Waals surface area contributed by atoms with Crippen molar-refractivity contribution < 1.29 is 9.68 Å². The first kappa shape index (κ1) is 22.6. The highest BCUT2D eigenvalue weighted by molar-refractivity contribution is 6.10. The third-order valence-electron chi connectivity index (χ3n) is 5.31. The molecule has 33 heavy (non-hydrogen) atoms. The van der Waals surface area contributed by atoms with E-state index in [4.69, 9.17) is 9.68 Å².